The third kappa shape index (κ3) is 5.18. The van der Waals surface area contributed by atoms with Gasteiger partial charge in [-0.25, -0.2) is 15.0 Å². The van der Waals surface area contributed by atoms with Crippen LogP contribution in [0.25, 0.3) is 0 Å². The van der Waals surface area contributed by atoms with Crippen LogP contribution in [0.3, 0.4) is 0 Å². The van der Waals surface area contributed by atoms with E-state index in [1.165, 1.54) is 11.8 Å². The maximum absolute atomic E-state index is 12.5. The standard InChI is InChI=1S/C16H19ClN4OS/c1-10-7-11(2)20-16(19-10)23-12(3)15(22)21(4)9-13-5-6-14(17)18-8-13/h5-8,12H,9H2,1-4H3/t12-/m0/s1. The minimum atomic E-state index is -0.263. The number of halogens is 1. The van der Waals surface area contributed by atoms with Crippen LogP contribution in [0.2, 0.25) is 5.15 Å². The summed E-state index contributed by atoms with van der Waals surface area (Å²) < 4.78 is 0. The molecule has 0 saturated carbocycles. The molecule has 0 aliphatic heterocycles. The lowest BCUT2D eigenvalue weighted by Gasteiger charge is -2.20. The molecule has 2 heterocycles. The smallest absolute Gasteiger partial charge is 0.235 e. The molecule has 0 bridgehead atoms. The van der Waals surface area contributed by atoms with E-state index >= 15 is 0 Å². The number of thioether (sulfide) groups is 1. The van der Waals surface area contributed by atoms with Gasteiger partial charge in [-0.3, -0.25) is 4.79 Å². The average Bonchev–Trinajstić information content (AvgIpc) is 2.47. The highest BCUT2D eigenvalue weighted by molar-refractivity contribution is 8.00. The Kier molecular flexibility index (Phi) is 5.96. The van der Waals surface area contributed by atoms with E-state index in [0.29, 0.717) is 16.9 Å². The van der Waals surface area contributed by atoms with E-state index in [4.69, 9.17) is 11.6 Å². The van der Waals surface area contributed by atoms with Crippen LogP contribution in [-0.2, 0) is 11.3 Å². The number of hydrogen-bond donors (Lipinski definition) is 0. The quantitative estimate of drug-likeness (QED) is 0.470. The third-order valence-corrected chi connectivity index (χ3v) is 4.35. The zero-order chi connectivity index (χ0) is 17.0. The molecule has 1 amide bonds. The van der Waals surface area contributed by atoms with Gasteiger partial charge in [-0.2, -0.15) is 0 Å². The van der Waals surface area contributed by atoms with Crippen molar-refractivity contribution in [3.63, 3.8) is 0 Å². The second-order valence-electron chi connectivity index (χ2n) is 5.38. The maximum atomic E-state index is 12.5. The number of carbonyl (C=O) groups excluding carboxylic acids is 1. The Bertz CT molecular complexity index is 673. The van der Waals surface area contributed by atoms with E-state index in [9.17, 15) is 4.79 Å². The summed E-state index contributed by atoms with van der Waals surface area (Å²) in [5.41, 5.74) is 2.74. The van der Waals surface area contributed by atoms with Crippen LogP contribution >= 0.6 is 23.4 Å². The van der Waals surface area contributed by atoms with Crippen LogP contribution < -0.4 is 0 Å². The number of rotatable bonds is 5. The van der Waals surface area contributed by atoms with Crippen LogP contribution in [0.5, 0.6) is 0 Å². The molecule has 0 aromatic carbocycles. The van der Waals surface area contributed by atoms with Crippen LogP contribution in [-0.4, -0.2) is 38.1 Å². The van der Waals surface area contributed by atoms with E-state index in [0.717, 1.165) is 17.0 Å². The third-order valence-electron chi connectivity index (χ3n) is 3.18. The SMILES string of the molecule is Cc1cc(C)nc(S[C@@H](C)C(=O)N(C)Cc2ccc(Cl)nc2)n1. The van der Waals surface area contributed by atoms with E-state index in [1.54, 1.807) is 24.2 Å². The number of aromatic nitrogens is 3. The minimum absolute atomic E-state index is 0.0210. The highest BCUT2D eigenvalue weighted by Crippen LogP contribution is 2.22. The number of amides is 1. The van der Waals surface area contributed by atoms with Gasteiger partial charge in [0.1, 0.15) is 5.15 Å². The summed E-state index contributed by atoms with van der Waals surface area (Å²) in [5, 5.41) is 0.810. The fraction of sp³-hybridized carbons (Fsp3) is 0.375. The van der Waals surface area contributed by atoms with Gasteiger partial charge in [0, 0.05) is 31.2 Å². The molecular formula is C16H19ClN4OS. The summed E-state index contributed by atoms with van der Waals surface area (Å²) in [6, 6.07) is 5.50. The second-order valence-corrected chi connectivity index (χ2v) is 7.07. The monoisotopic (exact) mass is 350 g/mol. The largest absolute Gasteiger partial charge is 0.340 e. The molecule has 5 nitrogen and oxygen atoms in total. The molecule has 2 aromatic rings. The predicted octanol–water partition coefficient (Wildman–Crippen LogP) is 3.28. The van der Waals surface area contributed by atoms with Gasteiger partial charge >= 0.3 is 0 Å². The normalized spacial score (nSPS) is 12.0. The van der Waals surface area contributed by atoms with Gasteiger partial charge in [0.15, 0.2) is 5.16 Å². The van der Waals surface area contributed by atoms with Crippen LogP contribution in [0.4, 0.5) is 0 Å². The Morgan fingerprint density at radius 1 is 1.30 bits per heavy atom. The van der Waals surface area contributed by atoms with E-state index < -0.39 is 0 Å². The first-order valence-corrected chi connectivity index (χ1v) is 8.45. The number of carbonyl (C=O) groups is 1. The summed E-state index contributed by atoms with van der Waals surface area (Å²) >= 11 is 7.14. The molecule has 0 radical (unpaired) electrons. The molecule has 0 saturated heterocycles. The van der Waals surface area contributed by atoms with Crippen LogP contribution in [0, 0.1) is 13.8 Å². The molecule has 0 aliphatic carbocycles. The molecule has 1 atom stereocenters. The molecule has 122 valence electrons. The molecular weight excluding hydrogens is 332 g/mol. The van der Waals surface area contributed by atoms with Crippen molar-refractivity contribution in [2.45, 2.75) is 37.7 Å². The van der Waals surface area contributed by atoms with Crippen molar-refractivity contribution in [3.05, 3.63) is 46.5 Å². The Morgan fingerprint density at radius 2 is 1.96 bits per heavy atom. The Labute approximate surface area is 145 Å². The molecule has 0 aliphatic rings. The number of hydrogen-bond acceptors (Lipinski definition) is 5. The zero-order valence-corrected chi connectivity index (χ0v) is 15.1. The van der Waals surface area contributed by atoms with Gasteiger partial charge < -0.3 is 4.90 Å². The van der Waals surface area contributed by atoms with Crippen molar-refractivity contribution in [3.8, 4) is 0 Å². The minimum Gasteiger partial charge on any atom is -0.340 e. The predicted molar refractivity (Wildman–Crippen MR) is 92.5 cm³/mol. The highest BCUT2D eigenvalue weighted by Gasteiger charge is 2.20. The Morgan fingerprint density at radius 3 is 2.52 bits per heavy atom. The van der Waals surface area contributed by atoms with E-state index in [1.807, 2.05) is 32.9 Å². The number of nitrogens with zero attached hydrogens (tertiary/aromatic N) is 4. The summed E-state index contributed by atoms with van der Waals surface area (Å²) in [6.07, 6.45) is 1.68. The summed E-state index contributed by atoms with van der Waals surface area (Å²) in [5.74, 6) is 0.0210. The van der Waals surface area contributed by atoms with Crippen molar-refractivity contribution in [2.24, 2.45) is 0 Å². The maximum Gasteiger partial charge on any atom is 0.235 e. The molecule has 23 heavy (non-hydrogen) atoms. The van der Waals surface area contributed by atoms with Crippen LogP contribution in [0.15, 0.2) is 29.6 Å². The lowest BCUT2D eigenvalue weighted by Crippen LogP contribution is -2.32. The van der Waals surface area contributed by atoms with E-state index in [2.05, 4.69) is 15.0 Å². The van der Waals surface area contributed by atoms with Crippen molar-refractivity contribution >= 4 is 29.3 Å². The molecule has 0 fully saturated rings. The second kappa shape index (κ2) is 7.75. The Balaban J connectivity index is 1.99. The fourth-order valence-electron chi connectivity index (χ4n) is 2.12. The van der Waals surface area contributed by atoms with Crippen molar-refractivity contribution in [2.75, 3.05) is 7.05 Å². The Hall–Kier alpha value is -1.66. The first kappa shape index (κ1) is 17.7. The average molecular weight is 351 g/mol. The van der Waals surface area contributed by atoms with Gasteiger partial charge in [-0.05, 0) is 38.5 Å². The zero-order valence-electron chi connectivity index (χ0n) is 13.6. The molecule has 0 unspecified atom stereocenters. The first-order chi connectivity index (χ1) is 10.8. The first-order valence-electron chi connectivity index (χ1n) is 7.19. The van der Waals surface area contributed by atoms with Crippen molar-refractivity contribution in [1.82, 2.24) is 19.9 Å². The lowest BCUT2D eigenvalue weighted by molar-refractivity contribution is -0.129. The van der Waals surface area contributed by atoms with Gasteiger partial charge in [0.2, 0.25) is 5.91 Å². The molecule has 7 heteroatoms. The number of pyridine rings is 1. The van der Waals surface area contributed by atoms with Gasteiger partial charge in [0.25, 0.3) is 0 Å². The van der Waals surface area contributed by atoms with Crippen molar-refractivity contribution in [1.29, 1.82) is 0 Å². The molecule has 2 rings (SSSR count). The van der Waals surface area contributed by atoms with Crippen LogP contribution in [0.1, 0.15) is 23.9 Å². The van der Waals surface area contributed by atoms with Crippen molar-refractivity contribution < 1.29 is 4.79 Å². The van der Waals surface area contributed by atoms with Gasteiger partial charge in [0.05, 0.1) is 5.25 Å². The lowest BCUT2D eigenvalue weighted by atomic mass is 10.2. The summed E-state index contributed by atoms with van der Waals surface area (Å²) in [4.78, 5) is 26.9. The summed E-state index contributed by atoms with van der Waals surface area (Å²) in [6.45, 7) is 6.20. The van der Waals surface area contributed by atoms with Gasteiger partial charge in [-0.15, -0.1) is 0 Å². The van der Waals surface area contributed by atoms with Gasteiger partial charge in [-0.1, -0.05) is 29.4 Å². The summed E-state index contributed by atoms with van der Waals surface area (Å²) in [7, 11) is 1.77. The van der Waals surface area contributed by atoms with E-state index in [-0.39, 0.29) is 11.2 Å². The molecule has 2 aromatic heterocycles. The molecule has 0 spiro atoms. The number of aryl methyl sites for hydroxylation is 2. The molecule has 0 N–H and O–H groups in total. The fourth-order valence-corrected chi connectivity index (χ4v) is 3.22. The highest BCUT2D eigenvalue weighted by atomic mass is 35.5. The topological polar surface area (TPSA) is 59.0 Å².